The van der Waals surface area contributed by atoms with E-state index in [9.17, 15) is 4.79 Å². The quantitative estimate of drug-likeness (QED) is 0.846. The van der Waals surface area contributed by atoms with Gasteiger partial charge in [-0.05, 0) is 49.0 Å². The van der Waals surface area contributed by atoms with Crippen LogP contribution in [0.4, 0.5) is 0 Å². The lowest BCUT2D eigenvalue weighted by Crippen LogP contribution is -2.39. The zero-order valence-electron chi connectivity index (χ0n) is 12.5. The molecule has 1 aromatic carbocycles. The standard InChI is InChI=1S/C17H23NO3/c1-21-16-7-4-14(5-8-16)6-9-17(20)18-11-2-3-15(13-18)10-12-19/h4-9,15,19H,2-3,10-13H2,1H3. The highest BCUT2D eigenvalue weighted by atomic mass is 16.5. The van der Waals surface area contributed by atoms with Gasteiger partial charge in [0.1, 0.15) is 5.75 Å². The van der Waals surface area contributed by atoms with E-state index in [1.54, 1.807) is 13.2 Å². The van der Waals surface area contributed by atoms with E-state index in [1.165, 1.54) is 0 Å². The summed E-state index contributed by atoms with van der Waals surface area (Å²) in [6.45, 7) is 1.77. The molecule has 1 aromatic rings. The molecule has 0 aromatic heterocycles. The molecule has 1 heterocycles. The molecule has 2 rings (SSSR count). The third-order valence-electron chi connectivity index (χ3n) is 3.90. The van der Waals surface area contributed by atoms with Crippen molar-refractivity contribution < 1.29 is 14.6 Å². The van der Waals surface area contributed by atoms with E-state index in [2.05, 4.69) is 0 Å². The first-order chi connectivity index (χ1) is 10.2. The Morgan fingerprint density at radius 1 is 1.43 bits per heavy atom. The smallest absolute Gasteiger partial charge is 0.246 e. The molecule has 0 spiro atoms. The lowest BCUT2D eigenvalue weighted by atomic mass is 9.95. The number of carbonyl (C=O) groups excluding carboxylic acids is 1. The van der Waals surface area contributed by atoms with Crippen molar-refractivity contribution in [2.24, 2.45) is 5.92 Å². The maximum Gasteiger partial charge on any atom is 0.246 e. The highest BCUT2D eigenvalue weighted by molar-refractivity contribution is 5.91. The van der Waals surface area contributed by atoms with E-state index in [-0.39, 0.29) is 12.5 Å². The number of nitrogens with zero attached hydrogens (tertiary/aromatic N) is 1. The third-order valence-corrected chi connectivity index (χ3v) is 3.90. The van der Waals surface area contributed by atoms with Crippen LogP contribution in [0.2, 0.25) is 0 Å². The van der Waals surface area contributed by atoms with Crippen molar-refractivity contribution in [3.05, 3.63) is 35.9 Å². The molecule has 1 N–H and O–H groups in total. The van der Waals surface area contributed by atoms with Crippen molar-refractivity contribution in [3.8, 4) is 5.75 Å². The molecule has 1 amide bonds. The summed E-state index contributed by atoms with van der Waals surface area (Å²) in [5.41, 5.74) is 0.980. The molecule has 1 fully saturated rings. The molecule has 1 atom stereocenters. The minimum absolute atomic E-state index is 0.0495. The fourth-order valence-corrected chi connectivity index (χ4v) is 2.67. The van der Waals surface area contributed by atoms with Crippen LogP contribution in [0.25, 0.3) is 6.08 Å². The van der Waals surface area contributed by atoms with E-state index < -0.39 is 0 Å². The Labute approximate surface area is 126 Å². The molecule has 1 aliphatic heterocycles. The fourth-order valence-electron chi connectivity index (χ4n) is 2.67. The normalized spacial score (nSPS) is 19.0. The molecule has 0 saturated carbocycles. The summed E-state index contributed by atoms with van der Waals surface area (Å²) in [5.74, 6) is 1.29. The van der Waals surface area contributed by atoms with Gasteiger partial charge in [0.2, 0.25) is 5.91 Å². The molecule has 0 radical (unpaired) electrons. The van der Waals surface area contributed by atoms with Crippen molar-refractivity contribution >= 4 is 12.0 Å². The van der Waals surface area contributed by atoms with Crippen LogP contribution < -0.4 is 4.74 Å². The largest absolute Gasteiger partial charge is 0.497 e. The highest BCUT2D eigenvalue weighted by Crippen LogP contribution is 2.19. The van der Waals surface area contributed by atoms with E-state index in [0.29, 0.717) is 5.92 Å². The zero-order chi connectivity index (χ0) is 15.1. The molecule has 21 heavy (non-hydrogen) atoms. The van der Waals surface area contributed by atoms with Gasteiger partial charge in [-0.25, -0.2) is 0 Å². The number of carbonyl (C=O) groups is 1. The summed E-state index contributed by atoms with van der Waals surface area (Å²) in [6, 6.07) is 7.60. The molecule has 0 aliphatic carbocycles. The number of ether oxygens (including phenoxy) is 1. The van der Waals surface area contributed by atoms with E-state index in [4.69, 9.17) is 9.84 Å². The van der Waals surface area contributed by atoms with Gasteiger partial charge < -0.3 is 14.7 Å². The maximum atomic E-state index is 12.2. The summed E-state index contributed by atoms with van der Waals surface area (Å²) in [4.78, 5) is 14.1. The maximum absolute atomic E-state index is 12.2. The second-order valence-electron chi connectivity index (χ2n) is 5.41. The predicted octanol–water partition coefficient (Wildman–Crippen LogP) is 2.33. The molecular weight excluding hydrogens is 266 g/mol. The van der Waals surface area contributed by atoms with Crippen LogP contribution in [-0.4, -0.2) is 42.7 Å². The Kier molecular flexibility index (Phi) is 5.81. The second kappa shape index (κ2) is 7.84. The molecule has 1 unspecified atom stereocenters. The molecule has 1 saturated heterocycles. The van der Waals surface area contributed by atoms with Crippen LogP contribution in [0.1, 0.15) is 24.8 Å². The van der Waals surface area contributed by atoms with Crippen molar-refractivity contribution in [3.63, 3.8) is 0 Å². The minimum Gasteiger partial charge on any atom is -0.497 e. The van der Waals surface area contributed by atoms with Crippen LogP contribution in [0.5, 0.6) is 5.75 Å². The third kappa shape index (κ3) is 4.60. The van der Waals surface area contributed by atoms with Gasteiger partial charge in [-0.3, -0.25) is 4.79 Å². The average molecular weight is 289 g/mol. The first-order valence-electron chi connectivity index (χ1n) is 7.45. The molecule has 0 bridgehead atoms. The number of rotatable bonds is 5. The summed E-state index contributed by atoms with van der Waals surface area (Å²) in [7, 11) is 1.63. The van der Waals surface area contributed by atoms with Gasteiger partial charge in [0.25, 0.3) is 0 Å². The molecule has 114 valence electrons. The first kappa shape index (κ1) is 15.6. The van der Waals surface area contributed by atoms with Gasteiger partial charge in [0.15, 0.2) is 0 Å². The van der Waals surface area contributed by atoms with Crippen LogP contribution in [-0.2, 0) is 4.79 Å². The second-order valence-corrected chi connectivity index (χ2v) is 5.41. The van der Waals surface area contributed by atoms with Gasteiger partial charge in [0.05, 0.1) is 7.11 Å². The number of benzene rings is 1. The number of likely N-dealkylation sites (tertiary alicyclic amines) is 1. The summed E-state index contributed by atoms with van der Waals surface area (Å²) in [5, 5.41) is 9.01. The fraction of sp³-hybridized carbons (Fsp3) is 0.471. The molecule has 4 nitrogen and oxygen atoms in total. The number of amides is 1. The van der Waals surface area contributed by atoms with E-state index in [0.717, 1.165) is 43.7 Å². The van der Waals surface area contributed by atoms with Gasteiger partial charge in [-0.15, -0.1) is 0 Å². The SMILES string of the molecule is COc1ccc(C=CC(=O)N2CCCC(CCO)C2)cc1. The Bertz CT molecular complexity index is 479. The Hall–Kier alpha value is -1.81. The highest BCUT2D eigenvalue weighted by Gasteiger charge is 2.21. The van der Waals surface area contributed by atoms with Crippen molar-refractivity contribution in [2.45, 2.75) is 19.3 Å². The Morgan fingerprint density at radius 2 is 2.19 bits per heavy atom. The van der Waals surface area contributed by atoms with Gasteiger partial charge in [-0.2, -0.15) is 0 Å². The predicted molar refractivity (Wildman–Crippen MR) is 83.0 cm³/mol. The van der Waals surface area contributed by atoms with Gasteiger partial charge in [0, 0.05) is 25.8 Å². The minimum atomic E-state index is 0.0495. The first-order valence-corrected chi connectivity index (χ1v) is 7.45. The average Bonchev–Trinajstić information content (AvgIpc) is 2.53. The Balaban J connectivity index is 1.91. The molecule has 1 aliphatic rings. The van der Waals surface area contributed by atoms with Crippen molar-refractivity contribution in [2.75, 3.05) is 26.8 Å². The van der Waals surface area contributed by atoms with Crippen molar-refractivity contribution in [1.29, 1.82) is 0 Å². The van der Waals surface area contributed by atoms with Crippen LogP contribution in [0.3, 0.4) is 0 Å². The van der Waals surface area contributed by atoms with Crippen LogP contribution in [0.15, 0.2) is 30.3 Å². The van der Waals surface area contributed by atoms with Crippen molar-refractivity contribution in [1.82, 2.24) is 4.90 Å². The molecular formula is C17H23NO3. The lowest BCUT2D eigenvalue weighted by Gasteiger charge is -2.31. The number of aliphatic hydroxyl groups is 1. The van der Waals surface area contributed by atoms with Crippen LogP contribution in [0, 0.1) is 5.92 Å². The summed E-state index contributed by atoms with van der Waals surface area (Å²) in [6.07, 6.45) is 6.37. The summed E-state index contributed by atoms with van der Waals surface area (Å²) >= 11 is 0. The monoisotopic (exact) mass is 289 g/mol. The lowest BCUT2D eigenvalue weighted by molar-refractivity contribution is -0.127. The number of methoxy groups -OCH3 is 1. The Morgan fingerprint density at radius 3 is 2.86 bits per heavy atom. The number of aliphatic hydroxyl groups excluding tert-OH is 1. The molecule has 4 heteroatoms. The number of hydrogen-bond acceptors (Lipinski definition) is 3. The number of piperidine rings is 1. The van der Waals surface area contributed by atoms with Gasteiger partial charge >= 0.3 is 0 Å². The zero-order valence-corrected chi connectivity index (χ0v) is 12.5. The van der Waals surface area contributed by atoms with E-state index in [1.807, 2.05) is 35.2 Å². The summed E-state index contributed by atoms with van der Waals surface area (Å²) < 4.78 is 5.11. The van der Waals surface area contributed by atoms with Crippen LogP contribution >= 0.6 is 0 Å². The van der Waals surface area contributed by atoms with E-state index >= 15 is 0 Å². The number of hydrogen-bond donors (Lipinski definition) is 1. The topological polar surface area (TPSA) is 49.8 Å². The van der Waals surface area contributed by atoms with Gasteiger partial charge in [-0.1, -0.05) is 12.1 Å².